The van der Waals surface area contributed by atoms with Gasteiger partial charge in [-0.05, 0) is 108 Å². The number of amides is 1. The number of aldehydes is 4. The number of fused-ring (bicyclic) bond motifs is 1. The molecule has 0 aliphatic carbocycles. The fourth-order valence-corrected chi connectivity index (χ4v) is 5.85. The number of nitrogens with zero attached hydrogens (tertiary/aromatic N) is 5. The van der Waals surface area contributed by atoms with E-state index in [0.717, 1.165) is 59.2 Å². The Morgan fingerprint density at radius 3 is 2.10 bits per heavy atom. The summed E-state index contributed by atoms with van der Waals surface area (Å²) >= 11 is 0. The van der Waals surface area contributed by atoms with Crippen LogP contribution in [0.3, 0.4) is 0 Å². The maximum Gasteiger partial charge on any atom is 0.259 e. The monoisotopic (exact) mass is 860 g/mol. The quantitative estimate of drug-likeness (QED) is 0.0981. The Labute approximate surface area is 365 Å². The van der Waals surface area contributed by atoms with Crippen LogP contribution in [-0.2, 0) is 32.7 Å². The first-order valence-electron chi connectivity index (χ1n) is 20.4. The fraction of sp³-hybridized carbons (Fsp3) is 0.457. The lowest BCUT2D eigenvalue weighted by Gasteiger charge is -2.24. The molecule has 16 heteroatoms. The van der Waals surface area contributed by atoms with Crippen LogP contribution in [0.1, 0.15) is 58.9 Å². The molecule has 0 radical (unpaired) electrons. The Morgan fingerprint density at radius 1 is 0.919 bits per heavy atom. The van der Waals surface area contributed by atoms with Gasteiger partial charge in [0.05, 0.1) is 44.4 Å². The molecular formula is C46H64N6O10. The fourth-order valence-electron chi connectivity index (χ4n) is 5.85. The number of benzene rings is 2. The van der Waals surface area contributed by atoms with Gasteiger partial charge < -0.3 is 48.2 Å². The third-order valence-corrected chi connectivity index (χ3v) is 9.91. The summed E-state index contributed by atoms with van der Waals surface area (Å²) < 4.78 is 23.4. The van der Waals surface area contributed by atoms with Gasteiger partial charge in [-0.1, -0.05) is 6.92 Å². The van der Waals surface area contributed by atoms with E-state index in [0.29, 0.717) is 73.9 Å². The minimum atomic E-state index is -0.151. The highest BCUT2D eigenvalue weighted by molar-refractivity contribution is 5.96. The van der Waals surface area contributed by atoms with Crippen LogP contribution in [0.4, 0.5) is 0 Å². The Hall–Kier alpha value is -5.81. The number of hydrogen-bond donors (Lipinski definition) is 1. The maximum absolute atomic E-state index is 12.4. The van der Waals surface area contributed by atoms with E-state index in [9.17, 15) is 28.8 Å². The number of ether oxygens (including phenoxy) is 4. The van der Waals surface area contributed by atoms with Crippen LogP contribution in [-0.4, -0.2) is 150 Å². The molecule has 3 heterocycles. The summed E-state index contributed by atoms with van der Waals surface area (Å²) in [6.07, 6.45) is 10.8. The molecule has 1 N–H and O–H groups in total. The van der Waals surface area contributed by atoms with Gasteiger partial charge in [0.1, 0.15) is 36.4 Å². The summed E-state index contributed by atoms with van der Waals surface area (Å²) in [6.45, 7) is 7.44. The summed E-state index contributed by atoms with van der Waals surface area (Å²) in [5.41, 5.74) is 3.43. The number of carbonyl (C=O) groups is 5. The summed E-state index contributed by atoms with van der Waals surface area (Å²) in [6, 6.07) is 10.4. The minimum Gasteiger partial charge on any atom is -0.496 e. The van der Waals surface area contributed by atoms with E-state index in [1.807, 2.05) is 38.5 Å². The number of hydrogen-bond acceptors (Lipinski definition) is 14. The molecule has 2 aromatic carbocycles. The van der Waals surface area contributed by atoms with Crippen LogP contribution < -0.4 is 25.1 Å². The number of rotatable bonds is 20. The standard InChI is InChI=1S/C21H25N3O3.C13H14O5.C8H16N2O2.C4H9N/c1-6-23(2)12-18-19(26-4)9-14(10-20(18)27-5)17-13-24(3)21(25)16-11-22-8-7-15(16)17;14-4-1-5-17-6-7-18-13-3-2-11(9-15)12(8-13)10-16;1-9-8(12)5-4-7(6-11)10(2)3;1-5-3-2-4-5/h7-11,13H,6,12H2,1-5H3;2-4,8-10H,1,5-7H2;6-7H,4-5H2,1-3H3,(H,9,12);2-4H2,1H3. The van der Waals surface area contributed by atoms with Gasteiger partial charge in [-0.3, -0.25) is 29.1 Å². The van der Waals surface area contributed by atoms with Crippen molar-refractivity contribution in [2.24, 2.45) is 7.05 Å². The first-order chi connectivity index (χ1) is 29.8. The largest absolute Gasteiger partial charge is 0.496 e. The SMILES string of the molecule is CCN(C)Cc1c(OC)cc(-c2cn(C)c(=O)c3cnccc23)cc1OC.CN1CCC1.CNC(=O)CCC(C=O)N(C)C.O=CCCOCCOc1ccc(C=O)c(C=O)c1. The van der Waals surface area contributed by atoms with E-state index < -0.39 is 0 Å². The molecule has 5 rings (SSSR count). The van der Waals surface area contributed by atoms with Gasteiger partial charge in [0.25, 0.3) is 5.56 Å². The van der Waals surface area contributed by atoms with Gasteiger partial charge in [0, 0.05) is 68.8 Å². The van der Waals surface area contributed by atoms with E-state index in [-0.39, 0.29) is 17.5 Å². The highest BCUT2D eigenvalue weighted by atomic mass is 16.5. The molecule has 2 aromatic heterocycles. The lowest BCUT2D eigenvalue weighted by molar-refractivity contribution is -0.121. The van der Waals surface area contributed by atoms with Crippen LogP contribution in [0.15, 0.2) is 59.8 Å². The highest BCUT2D eigenvalue weighted by Crippen LogP contribution is 2.37. The van der Waals surface area contributed by atoms with Crippen LogP contribution in [0.25, 0.3) is 21.9 Å². The Kier molecular flexibility index (Phi) is 24.2. The number of carbonyl (C=O) groups excluding carboxylic acids is 5. The van der Waals surface area contributed by atoms with E-state index >= 15 is 0 Å². The zero-order valence-electron chi connectivity index (χ0n) is 37.7. The van der Waals surface area contributed by atoms with Crippen molar-refractivity contribution in [3.63, 3.8) is 0 Å². The van der Waals surface area contributed by atoms with Gasteiger partial charge >= 0.3 is 0 Å². The molecular weight excluding hydrogens is 797 g/mol. The predicted molar refractivity (Wildman–Crippen MR) is 241 cm³/mol. The van der Waals surface area contributed by atoms with Crippen LogP contribution >= 0.6 is 0 Å². The number of likely N-dealkylation sites (N-methyl/N-ethyl adjacent to an activating group) is 1. The van der Waals surface area contributed by atoms with Crippen molar-refractivity contribution >= 4 is 41.8 Å². The van der Waals surface area contributed by atoms with Gasteiger partial charge in [-0.2, -0.15) is 0 Å². The van der Waals surface area contributed by atoms with E-state index in [1.165, 1.54) is 31.6 Å². The minimum absolute atomic E-state index is 0.0244. The Balaban J connectivity index is 0.000000325. The Bertz CT molecular complexity index is 2060. The average Bonchev–Trinajstić information content (AvgIpc) is 3.28. The van der Waals surface area contributed by atoms with Gasteiger partial charge in [0.15, 0.2) is 12.6 Å². The zero-order valence-corrected chi connectivity index (χ0v) is 37.7. The molecule has 338 valence electrons. The highest BCUT2D eigenvalue weighted by Gasteiger charge is 2.18. The molecule has 16 nitrogen and oxygen atoms in total. The second-order valence-corrected chi connectivity index (χ2v) is 14.5. The summed E-state index contributed by atoms with van der Waals surface area (Å²) in [5, 5.41) is 3.96. The topological polar surface area (TPSA) is 179 Å². The molecule has 1 atom stereocenters. The molecule has 1 aliphatic heterocycles. The molecule has 4 aromatic rings. The number of likely N-dealkylation sites (tertiary alicyclic amines) is 1. The molecule has 1 aliphatic rings. The van der Waals surface area contributed by atoms with Crippen molar-refractivity contribution in [3.05, 3.63) is 82.0 Å². The predicted octanol–water partition coefficient (Wildman–Crippen LogP) is 4.33. The second-order valence-electron chi connectivity index (χ2n) is 14.5. The number of aromatic nitrogens is 2. The average molecular weight is 861 g/mol. The lowest BCUT2D eigenvalue weighted by atomic mass is 9.99. The van der Waals surface area contributed by atoms with Crippen LogP contribution in [0, 0.1) is 0 Å². The molecule has 0 bridgehead atoms. The van der Waals surface area contributed by atoms with Crippen LogP contribution in [0.2, 0.25) is 0 Å². The number of aryl methyl sites for hydroxylation is 1. The maximum atomic E-state index is 12.4. The first-order valence-corrected chi connectivity index (χ1v) is 20.4. The number of methoxy groups -OCH3 is 2. The van der Waals surface area contributed by atoms with E-state index in [1.54, 1.807) is 56.2 Å². The molecule has 1 fully saturated rings. The number of pyridine rings is 2. The van der Waals surface area contributed by atoms with Crippen molar-refractivity contribution in [1.29, 1.82) is 0 Å². The molecule has 62 heavy (non-hydrogen) atoms. The van der Waals surface area contributed by atoms with Gasteiger partial charge in [-0.15, -0.1) is 0 Å². The second kappa shape index (κ2) is 28.7. The van der Waals surface area contributed by atoms with Crippen molar-refractivity contribution in [2.45, 2.75) is 45.2 Å². The molecule has 1 saturated heterocycles. The molecule has 1 amide bonds. The smallest absolute Gasteiger partial charge is 0.259 e. The summed E-state index contributed by atoms with van der Waals surface area (Å²) in [7, 11) is 14.5. The first kappa shape index (κ1) is 52.3. The summed E-state index contributed by atoms with van der Waals surface area (Å²) in [4.78, 5) is 75.5. The third kappa shape index (κ3) is 16.9. The van der Waals surface area contributed by atoms with Gasteiger partial charge in [0.2, 0.25) is 5.91 Å². The summed E-state index contributed by atoms with van der Waals surface area (Å²) in [5.74, 6) is 2.01. The molecule has 0 saturated carbocycles. The Morgan fingerprint density at radius 2 is 1.58 bits per heavy atom. The third-order valence-electron chi connectivity index (χ3n) is 9.91. The molecule has 1 unspecified atom stereocenters. The van der Waals surface area contributed by atoms with Gasteiger partial charge in [-0.25, -0.2) is 0 Å². The number of nitrogens with one attached hydrogen (secondary N) is 1. The molecule has 0 spiro atoms. The van der Waals surface area contributed by atoms with Crippen molar-refractivity contribution in [2.75, 3.05) is 88.9 Å². The zero-order chi connectivity index (χ0) is 46.0. The van der Waals surface area contributed by atoms with Crippen molar-refractivity contribution in [3.8, 4) is 28.4 Å². The van der Waals surface area contributed by atoms with Crippen LogP contribution in [0.5, 0.6) is 17.2 Å². The van der Waals surface area contributed by atoms with Crippen molar-refractivity contribution in [1.82, 2.24) is 29.6 Å². The van der Waals surface area contributed by atoms with Crippen molar-refractivity contribution < 1.29 is 42.9 Å². The lowest BCUT2D eigenvalue weighted by Crippen LogP contribution is -2.32. The van der Waals surface area contributed by atoms with E-state index in [2.05, 4.69) is 41.1 Å². The normalized spacial score (nSPS) is 12.2. The van der Waals surface area contributed by atoms with E-state index in [4.69, 9.17) is 18.9 Å².